The van der Waals surface area contributed by atoms with Crippen LogP contribution in [-0.4, -0.2) is 48.4 Å². The van der Waals surface area contributed by atoms with Crippen molar-refractivity contribution in [2.24, 2.45) is 5.92 Å². The second-order valence-corrected chi connectivity index (χ2v) is 7.07. The molecule has 0 spiro atoms. The Morgan fingerprint density at radius 1 is 1.28 bits per heavy atom. The minimum Gasteiger partial charge on any atom is -0.355 e. The number of amides is 2. The maximum Gasteiger partial charge on any atom is 0.227 e. The Morgan fingerprint density at radius 2 is 1.92 bits per heavy atom. The number of carbonyl (C=O) groups excluding carboxylic acids is 2. The van der Waals surface area contributed by atoms with E-state index in [2.05, 4.69) is 37.9 Å². The van der Waals surface area contributed by atoms with E-state index >= 15 is 0 Å². The minimum atomic E-state index is -0.443. The molecule has 138 valence electrons. The van der Waals surface area contributed by atoms with Crippen molar-refractivity contribution in [1.82, 2.24) is 10.2 Å². The molecule has 1 atom stereocenters. The average molecular weight is 349 g/mol. The number of para-hydroxylation sites is 1. The van der Waals surface area contributed by atoms with Crippen molar-refractivity contribution < 1.29 is 14.0 Å². The van der Waals surface area contributed by atoms with Gasteiger partial charge in [-0.25, -0.2) is 4.39 Å². The number of nitrogens with zero attached hydrogens (tertiary/aromatic N) is 2. The van der Waals surface area contributed by atoms with E-state index < -0.39 is 11.7 Å². The number of hydrogen-bond donors (Lipinski definition) is 1. The summed E-state index contributed by atoms with van der Waals surface area (Å²) in [6.07, 6.45) is 0.123. The second-order valence-electron chi connectivity index (χ2n) is 7.07. The van der Waals surface area contributed by atoms with Gasteiger partial charge in [0.05, 0.1) is 11.6 Å². The average Bonchev–Trinajstić information content (AvgIpc) is 2.93. The number of rotatable bonds is 7. The molecule has 0 saturated carbocycles. The largest absolute Gasteiger partial charge is 0.355 e. The van der Waals surface area contributed by atoms with Crippen molar-refractivity contribution in [2.45, 2.75) is 46.2 Å². The summed E-state index contributed by atoms with van der Waals surface area (Å²) in [6, 6.07) is 6.96. The highest BCUT2D eigenvalue weighted by molar-refractivity contribution is 6.00. The second kappa shape index (κ2) is 8.43. The third-order valence-electron chi connectivity index (χ3n) is 4.63. The summed E-state index contributed by atoms with van der Waals surface area (Å²) in [6.45, 7) is 10.0. The zero-order valence-corrected chi connectivity index (χ0v) is 15.5. The Bertz CT molecular complexity index is 610. The van der Waals surface area contributed by atoms with Crippen LogP contribution in [-0.2, 0) is 9.59 Å². The van der Waals surface area contributed by atoms with E-state index in [9.17, 15) is 14.0 Å². The molecular weight excluding hydrogens is 321 g/mol. The lowest BCUT2D eigenvalue weighted by molar-refractivity contribution is -0.126. The molecule has 0 aromatic heterocycles. The topological polar surface area (TPSA) is 52.7 Å². The van der Waals surface area contributed by atoms with Gasteiger partial charge in [0.1, 0.15) is 5.82 Å². The van der Waals surface area contributed by atoms with Crippen molar-refractivity contribution in [3.63, 3.8) is 0 Å². The maximum atomic E-state index is 13.9. The molecule has 1 saturated heterocycles. The number of anilines is 1. The Kier molecular flexibility index (Phi) is 6.53. The van der Waals surface area contributed by atoms with E-state index in [0.29, 0.717) is 18.6 Å². The predicted octanol–water partition coefficient (Wildman–Crippen LogP) is 2.41. The molecule has 0 radical (unpaired) electrons. The van der Waals surface area contributed by atoms with E-state index in [0.717, 1.165) is 6.54 Å². The maximum absolute atomic E-state index is 13.9. The van der Waals surface area contributed by atoms with Crippen LogP contribution >= 0.6 is 0 Å². The number of halogens is 1. The third-order valence-corrected chi connectivity index (χ3v) is 4.63. The first-order chi connectivity index (χ1) is 11.8. The lowest BCUT2D eigenvalue weighted by Crippen LogP contribution is -2.43. The van der Waals surface area contributed by atoms with Crippen molar-refractivity contribution in [2.75, 3.05) is 24.5 Å². The van der Waals surface area contributed by atoms with Gasteiger partial charge in [-0.3, -0.25) is 14.5 Å². The quantitative estimate of drug-likeness (QED) is 0.822. The highest BCUT2D eigenvalue weighted by Gasteiger charge is 2.36. The van der Waals surface area contributed by atoms with Crippen LogP contribution in [0.3, 0.4) is 0 Å². The van der Waals surface area contributed by atoms with Crippen molar-refractivity contribution in [1.29, 1.82) is 0 Å². The summed E-state index contributed by atoms with van der Waals surface area (Å²) in [7, 11) is 0. The van der Waals surface area contributed by atoms with Crippen LogP contribution in [0.1, 0.15) is 34.1 Å². The molecule has 0 unspecified atom stereocenters. The Balaban J connectivity index is 1.89. The van der Waals surface area contributed by atoms with Gasteiger partial charge in [-0.05, 0) is 39.8 Å². The highest BCUT2D eigenvalue weighted by Crippen LogP contribution is 2.27. The smallest absolute Gasteiger partial charge is 0.227 e. The molecule has 6 heteroatoms. The molecule has 1 aromatic rings. The van der Waals surface area contributed by atoms with Gasteiger partial charge in [-0.1, -0.05) is 12.1 Å². The van der Waals surface area contributed by atoms with Crippen LogP contribution in [0.2, 0.25) is 0 Å². The molecule has 25 heavy (non-hydrogen) atoms. The van der Waals surface area contributed by atoms with E-state index in [4.69, 9.17) is 0 Å². The van der Waals surface area contributed by atoms with Crippen molar-refractivity contribution >= 4 is 17.5 Å². The van der Waals surface area contributed by atoms with Crippen LogP contribution in [0.15, 0.2) is 24.3 Å². The van der Waals surface area contributed by atoms with Crippen LogP contribution in [0.25, 0.3) is 0 Å². The van der Waals surface area contributed by atoms with Gasteiger partial charge in [0.25, 0.3) is 0 Å². The molecule has 5 nitrogen and oxygen atoms in total. The summed E-state index contributed by atoms with van der Waals surface area (Å²) in [4.78, 5) is 28.2. The Labute approximate surface area is 149 Å². The molecule has 1 aromatic carbocycles. The van der Waals surface area contributed by atoms with Crippen LogP contribution in [0, 0.1) is 11.7 Å². The molecule has 0 bridgehead atoms. The molecule has 2 amide bonds. The Hall–Kier alpha value is -1.95. The SMILES string of the molecule is CC(C)N(CCNC(=O)[C@@H]1CC(=O)N(c2ccccc2F)C1)C(C)C. The molecular formula is C19H28FN3O2. The van der Waals surface area contributed by atoms with Gasteiger partial charge < -0.3 is 10.2 Å². The van der Waals surface area contributed by atoms with Gasteiger partial charge in [0.15, 0.2) is 0 Å². The van der Waals surface area contributed by atoms with Crippen LogP contribution in [0.5, 0.6) is 0 Å². The van der Waals surface area contributed by atoms with E-state index in [1.54, 1.807) is 18.2 Å². The number of carbonyl (C=O) groups is 2. The van der Waals surface area contributed by atoms with Crippen LogP contribution in [0.4, 0.5) is 10.1 Å². The third kappa shape index (κ3) is 4.78. The first-order valence-electron chi connectivity index (χ1n) is 8.89. The number of nitrogens with one attached hydrogen (secondary N) is 1. The van der Waals surface area contributed by atoms with E-state index in [1.807, 2.05) is 0 Å². The normalized spacial score (nSPS) is 17.8. The molecule has 1 aliphatic rings. The summed E-state index contributed by atoms with van der Waals surface area (Å²) in [5.41, 5.74) is 0.244. The summed E-state index contributed by atoms with van der Waals surface area (Å²) in [5.74, 6) is -1.23. The predicted molar refractivity (Wildman–Crippen MR) is 96.8 cm³/mol. The number of benzene rings is 1. The standard InChI is InChI=1S/C19H28FN3O2/c1-13(2)22(14(3)4)10-9-21-19(25)15-11-18(24)23(12-15)17-8-6-5-7-16(17)20/h5-8,13-15H,9-12H2,1-4H3,(H,21,25)/t15-/m1/s1. The molecule has 0 aliphatic carbocycles. The molecule has 1 N–H and O–H groups in total. The first kappa shape index (κ1) is 19.4. The molecule has 2 rings (SSSR count). The van der Waals surface area contributed by atoms with Gasteiger partial charge in [-0.15, -0.1) is 0 Å². The first-order valence-corrected chi connectivity index (χ1v) is 8.89. The van der Waals surface area contributed by atoms with Gasteiger partial charge in [-0.2, -0.15) is 0 Å². The number of hydrogen-bond acceptors (Lipinski definition) is 3. The highest BCUT2D eigenvalue weighted by atomic mass is 19.1. The lowest BCUT2D eigenvalue weighted by Gasteiger charge is -2.30. The van der Waals surface area contributed by atoms with Gasteiger partial charge in [0.2, 0.25) is 11.8 Å². The fraction of sp³-hybridized carbons (Fsp3) is 0.579. The van der Waals surface area contributed by atoms with E-state index in [1.165, 1.54) is 11.0 Å². The lowest BCUT2D eigenvalue weighted by atomic mass is 10.1. The zero-order valence-electron chi connectivity index (χ0n) is 15.5. The van der Waals surface area contributed by atoms with Crippen molar-refractivity contribution in [3.05, 3.63) is 30.1 Å². The van der Waals surface area contributed by atoms with Crippen molar-refractivity contribution in [3.8, 4) is 0 Å². The monoisotopic (exact) mass is 349 g/mol. The summed E-state index contributed by atoms with van der Waals surface area (Å²) in [5, 5.41) is 2.92. The minimum absolute atomic E-state index is 0.123. The van der Waals surface area contributed by atoms with Crippen LogP contribution < -0.4 is 10.2 Å². The van der Waals surface area contributed by atoms with Gasteiger partial charge >= 0.3 is 0 Å². The Morgan fingerprint density at radius 3 is 2.52 bits per heavy atom. The van der Waals surface area contributed by atoms with E-state index in [-0.39, 0.29) is 30.5 Å². The molecule has 1 fully saturated rings. The zero-order chi connectivity index (χ0) is 18.6. The summed E-state index contributed by atoms with van der Waals surface area (Å²) >= 11 is 0. The van der Waals surface area contributed by atoms with Gasteiger partial charge in [0, 0.05) is 38.1 Å². The molecule has 1 heterocycles. The fourth-order valence-corrected chi connectivity index (χ4v) is 3.35. The summed E-state index contributed by atoms with van der Waals surface area (Å²) < 4.78 is 13.9. The fourth-order valence-electron chi connectivity index (χ4n) is 3.35. The molecule has 1 aliphatic heterocycles.